The highest BCUT2D eigenvalue weighted by Gasteiger charge is 2.20. The Kier molecular flexibility index (Phi) is 6.28. The number of nitrogens with two attached hydrogens (primary N) is 1. The molecule has 0 atom stereocenters. The first-order chi connectivity index (χ1) is 15.4. The molecule has 0 fully saturated rings. The van der Waals surface area contributed by atoms with Gasteiger partial charge in [0.15, 0.2) is 5.82 Å². The van der Waals surface area contributed by atoms with E-state index in [1.54, 1.807) is 13.8 Å². The summed E-state index contributed by atoms with van der Waals surface area (Å²) in [6.07, 6.45) is 0. The first-order valence-corrected chi connectivity index (χ1v) is 10.9. The van der Waals surface area contributed by atoms with Crippen LogP contribution in [-0.2, 0) is 13.1 Å². The van der Waals surface area contributed by atoms with Crippen LogP contribution >= 0.6 is 0 Å². The molecule has 5 nitrogen and oxygen atoms in total. The van der Waals surface area contributed by atoms with E-state index in [1.807, 2.05) is 60.7 Å². The molecule has 164 valence electrons. The molecule has 0 spiro atoms. The fourth-order valence-electron chi connectivity index (χ4n) is 3.76. The number of nitrogens with zero attached hydrogens (tertiary/aromatic N) is 2. The molecule has 5 heteroatoms. The Balaban J connectivity index is 1.81. The molecule has 4 rings (SSSR count). The summed E-state index contributed by atoms with van der Waals surface area (Å²) in [4.78, 5) is 7.18. The van der Waals surface area contributed by atoms with Crippen LogP contribution < -0.4 is 16.0 Å². The van der Waals surface area contributed by atoms with Crippen LogP contribution in [0.15, 0.2) is 84.9 Å². The zero-order valence-electron chi connectivity index (χ0n) is 18.6. The number of hydrogen-bond acceptors (Lipinski definition) is 5. The molecule has 0 bridgehead atoms. The number of aromatic nitrogens is 1. The third kappa shape index (κ3) is 5.18. The molecule has 0 saturated heterocycles. The summed E-state index contributed by atoms with van der Waals surface area (Å²) in [7, 11) is 0. The molecule has 0 saturated carbocycles. The van der Waals surface area contributed by atoms with Gasteiger partial charge in [0.2, 0.25) is 0 Å². The minimum absolute atomic E-state index is 0.377. The predicted octanol–water partition coefficient (Wildman–Crippen LogP) is 5.21. The van der Waals surface area contributed by atoms with Crippen LogP contribution in [0.5, 0.6) is 0 Å². The van der Waals surface area contributed by atoms with Crippen LogP contribution in [0.4, 0.5) is 17.2 Å². The van der Waals surface area contributed by atoms with E-state index < -0.39 is 5.60 Å². The molecule has 1 aromatic heterocycles. The van der Waals surface area contributed by atoms with E-state index >= 15 is 0 Å². The lowest BCUT2D eigenvalue weighted by Crippen LogP contribution is -2.30. The summed E-state index contributed by atoms with van der Waals surface area (Å²) < 4.78 is 0. The van der Waals surface area contributed by atoms with Gasteiger partial charge in [-0.3, -0.25) is 0 Å². The number of rotatable bonds is 8. The second-order valence-corrected chi connectivity index (χ2v) is 8.73. The van der Waals surface area contributed by atoms with Crippen molar-refractivity contribution < 1.29 is 5.11 Å². The maximum absolute atomic E-state index is 10.3. The van der Waals surface area contributed by atoms with Gasteiger partial charge >= 0.3 is 0 Å². The average molecular weight is 427 g/mol. The second-order valence-electron chi connectivity index (χ2n) is 8.73. The molecule has 0 unspecified atom stereocenters. The normalized spacial score (nSPS) is 11.5. The molecule has 0 amide bonds. The molecule has 0 aliphatic carbocycles. The summed E-state index contributed by atoms with van der Waals surface area (Å²) in [5.41, 5.74) is 10.5. The van der Waals surface area contributed by atoms with Crippen LogP contribution in [0.2, 0.25) is 0 Å². The van der Waals surface area contributed by atoms with E-state index in [2.05, 4.69) is 34.5 Å². The second kappa shape index (κ2) is 9.28. The number of anilines is 3. The van der Waals surface area contributed by atoms with Crippen molar-refractivity contribution in [3.63, 3.8) is 0 Å². The van der Waals surface area contributed by atoms with E-state index in [-0.39, 0.29) is 0 Å². The Morgan fingerprint density at radius 3 is 1.94 bits per heavy atom. The van der Waals surface area contributed by atoms with Gasteiger partial charge in [0.05, 0.1) is 22.5 Å². The SMILES string of the molecule is CC(C)(O)CNc1c(N)c(N(Cc2ccccc2)Cc2ccccc2)nc2ccccc12. The highest BCUT2D eigenvalue weighted by atomic mass is 16.3. The van der Waals surface area contributed by atoms with Gasteiger partial charge < -0.3 is 21.1 Å². The van der Waals surface area contributed by atoms with Crippen molar-refractivity contribution in [2.24, 2.45) is 0 Å². The number of fused-ring (bicyclic) bond motifs is 1. The topological polar surface area (TPSA) is 74.4 Å². The summed E-state index contributed by atoms with van der Waals surface area (Å²) in [6.45, 7) is 5.28. The van der Waals surface area contributed by atoms with E-state index in [4.69, 9.17) is 10.7 Å². The van der Waals surface area contributed by atoms with Gasteiger partial charge in [-0.05, 0) is 31.0 Å². The van der Waals surface area contributed by atoms with Crippen molar-refractivity contribution in [1.82, 2.24) is 4.98 Å². The number of aliphatic hydroxyl groups is 1. The standard InChI is InChI=1S/C27H30N4O/c1-27(2,32)19-29-25-22-15-9-10-16-23(22)30-26(24(25)28)31(17-20-11-5-3-6-12-20)18-21-13-7-4-8-14-21/h3-16,32H,17-19,28H2,1-2H3,(H,29,30). The lowest BCUT2D eigenvalue weighted by molar-refractivity contribution is 0.0946. The Bertz CT molecular complexity index is 1130. The summed E-state index contributed by atoms with van der Waals surface area (Å²) in [5, 5.41) is 14.6. The summed E-state index contributed by atoms with van der Waals surface area (Å²) >= 11 is 0. The van der Waals surface area contributed by atoms with Crippen LogP contribution in [0, 0.1) is 0 Å². The highest BCUT2D eigenvalue weighted by molar-refractivity contribution is 6.01. The Morgan fingerprint density at radius 2 is 1.38 bits per heavy atom. The minimum Gasteiger partial charge on any atom is -0.394 e. The van der Waals surface area contributed by atoms with E-state index in [9.17, 15) is 5.11 Å². The van der Waals surface area contributed by atoms with Gasteiger partial charge in [0.25, 0.3) is 0 Å². The summed E-state index contributed by atoms with van der Waals surface area (Å²) in [6, 6.07) is 28.6. The lowest BCUT2D eigenvalue weighted by Gasteiger charge is -2.28. The number of para-hydroxylation sites is 1. The van der Waals surface area contributed by atoms with Gasteiger partial charge in [-0.25, -0.2) is 4.98 Å². The van der Waals surface area contributed by atoms with Crippen LogP contribution in [0.3, 0.4) is 0 Å². The van der Waals surface area contributed by atoms with Gasteiger partial charge in [-0.2, -0.15) is 0 Å². The minimum atomic E-state index is -0.870. The highest BCUT2D eigenvalue weighted by Crippen LogP contribution is 2.37. The van der Waals surface area contributed by atoms with Crippen molar-refractivity contribution in [2.45, 2.75) is 32.5 Å². The monoisotopic (exact) mass is 426 g/mol. The molecule has 0 aliphatic rings. The molecule has 4 aromatic rings. The predicted molar refractivity (Wildman–Crippen MR) is 134 cm³/mol. The van der Waals surface area contributed by atoms with Crippen LogP contribution in [0.25, 0.3) is 10.9 Å². The lowest BCUT2D eigenvalue weighted by atomic mass is 10.1. The van der Waals surface area contributed by atoms with Crippen molar-refractivity contribution in [1.29, 1.82) is 0 Å². The fraction of sp³-hybridized carbons (Fsp3) is 0.222. The maximum atomic E-state index is 10.3. The van der Waals surface area contributed by atoms with Crippen molar-refractivity contribution in [2.75, 3.05) is 22.5 Å². The molecule has 32 heavy (non-hydrogen) atoms. The Labute approximate surface area is 189 Å². The van der Waals surface area contributed by atoms with E-state index in [0.29, 0.717) is 25.3 Å². The quantitative estimate of drug-likeness (QED) is 0.361. The fourth-order valence-corrected chi connectivity index (χ4v) is 3.76. The van der Waals surface area contributed by atoms with Crippen molar-refractivity contribution in [3.05, 3.63) is 96.1 Å². The van der Waals surface area contributed by atoms with Crippen LogP contribution in [0.1, 0.15) is 25.0 Å². The smallest absolute Gasteiger partial charge is 0.155 e. The Hall–Kier alpha value is -3.57. The van der Waals surface area contributed by atoms with E-state index in [0.717, 1.165) is 22.4 Å². The maximum Gasteiger partial charge on any atom is 0.155 e. The molecule has 4 N–H and O–H groups in total. The first-order valence-electron chi connectivity index (χ1n) is 10.9. The van der Waals surface area contributed by atoms with Crippen molar-refractivity contribution >= 4 is 28.1 Å². The molecular formula is C27H30N4O. The number of benzene rings is 3. The third-order valence-corrected chi connectivity index (χ3v) is 5.34. The Morgan fingerprint density at radius 1 is 0.844 bits per heavy atom. The zero-order valence-corrected chi connectivity index (χ0v) is 18.6. The third-order valence-electron chi connectivity index (χ3n) is 5.34. The molecule has 0 radical (unpaired) electrons. The van der Waals surface area contributed by atoms with Gasteiger partial charge in [-0.15, -0.1) is 0 Å². The van der Waals surface area contributed by atoms with E-state index in [1.165, 1.54) is 11.1 Å². The van der Waals surface area contributed by atoms with Gasteiger partial charge in [0, 0.05) is 25.0 Å². The molecule has 0 aliphatic heterocycles. The number of nitrogens with one attached hydrogen (secondary N) is 1. The largest absolute Gasteiger partial charge is 0.394 e. The average Bonchev–Trinajstić information content (AvgIpc) is 2.78. The summed E-state index contributed by atoms with van der Waals surface area (Å²) in [5.74, 6) is 0.731. The van der Waals surface area contributed by atoms with Crippen molar-refractivity contribution in [3.8, 4) is 0 Å². The molecule has 3 aromatic carbocycles. The van der Waals surface area contributed by atoms with Gasteiger partial charge in [-0.1, -0.05) is 78.9 Å². The zero-order chi connectivity index (χ0) is 22.6. The number of nitrogen functional groups attached to an aromatic ring is 1. The van der Waals surface area contributed by atoms with Gasteiger partial charge in [0.1, 0.15) is 0 Å². The van der Waals surface area contributed by atoms with Crippen LogP contribution in [-0.4, -0.2) is 22.2 Å². The molecule has 1 heterocycles. The number of hydrogen-bond donors (Lipinski definition) is 3. The molecular weight excluding hydrogens is 396 g/mol. The first kappa shape index (κ1) is 21.7. The number of pyridine rings is 1.